The lowest BCUT2D eigenvalue weighted by molar-refractivity contribution is -0.141. The fourth-order valence-corrected chi connectivity index (χ4v) is 14.6. The van der Waals surface area contributed by atoms with Crippen molar-refractivity contribution < 1.29 is 125 Å². The van der Waals surface area contributed by atoms with Crippen molar-refractivity contribution in [2.24, 2.45) is 11.5 Å². The third kappa shape index (κ3) is 29.8. The second-order valence-electron chi connectivity index (χ2n) is 30.0. The van der Waals surface area contributed by atoms with Crippen LogP contribution in [0.2, 0.25) is 0 Å². The molecule has 3 aliphatic heterocycles. The van der Waals surface area contributed by atoms with Crippen LogP contribution >= 0.6 is 49.1 Å². The van der Waals surface area contributed by atoms with Crippen molar-refractivity contribution in [2.75, 3.05) is 69.8 Å². The minimum atomic E-state index is -4.85. The van der Waals surface area contributed by atoms with Gasteiger partial charge in [-0.05, 0) is 252 Å². The van der Waals surface area contributed by atoms with Gasteiger partial charge in [-0.25, -0.2) is 18.0 Å². The van der Waals surface area contributed by atoms with Gasteiger partial charge >= 0.3 is 48.4 Å². The Morgan fingerprint density at radius 1 is 0.402 bits per heavy atom. The van der Waals surface area contributed by atoms with Gasteiger partial charge in [0.2, 0.25) is 0 Å². The van der Waals surface area contributed by atoms with Gasteiger partial charge in [0.1, 0.15) is 34.1 Å². The molecule has 0 unspecified atom stereocenters. The number of nitriles is 3. The predicted octanol–water partition coefficient (Wildman–Crippen LogP) is 17.2. The second-order valence-corrected chi connectivity index (χ2v) is 31.1. The Kier molecular flexibility index (Phi) is 43.8. The lowest BCUT2D eigenvalue weighted by Crippen LogP contribution is -2.44. The van der Waals surface area contributed by atoms with Gasteiger partial charge in [0.15, 0.2) is 15.3 Å². The molecule has 6 aromatic carbocycles. The van der Waals surface area contributed by atoms with Gasteiger partial charge in [0.05, 0.1) is 99.6 Å². The number of thiocarbonyl (C=S) groups is 3. The van der Waals surface area contributed by atoms with E-state index in [1.807, 2.05) is 13.8 Å². The number of benzene rings is 6. The fraction of sp³-hybridized carbons (Fsp3) is 0.409. The van der Waals surface area contributed by atoms with E-state index in [-0.39, 0.29) is 117 Å². The van der Waals surface area contributed by atoms with Crippen LogP contribution in [0.15, 0.2) is 109 Å². The number of aliphatic carboxylic acids is 2. The molecule has 28 nitrogen and oxygen atoms in total. The molecule has 0 aliphatic carbocycles. The van der Waals surface area contributed by atoms with Gasteiger partial charge in [-0.3, -0.25) is 57.9 Å². The van der Waals surface area contributed by atoms with Crippen molar-refractivity contribution >= 4 is 158 Å². The second kappa shape index (κ2) is 50.8. The molecule has 0 atom stereocenters. The summed E-state index contributed by atoms with van der Waals surface area (Å²) >= 11 is 16.2. The van der Waals surface area contributed by atoms with E-state index in [9.17, 15) is 96.2 Å². The van der Waals surface area contributed by atoms with E-state index in [1.54, 1.807) is 0 Å². The van der Waals surface area contributed by atoms with E-state index >= 15 is 4.39 Å². The molecule has 0 saturated carbocycles. The van der Waals surface area contributed by atoms with E-state index in [0.29, 0.717) is 76.2 Å². The van der Waals surface area contributed by atoms with Crippen molar-refractivity contribution in [1.82, 2.24) is 10.6 Å². The molecule has 6 aromatic rings. The van der Waals surface area contributed by atoms with Gasteiger partial charge in [-0.1, -0.05) is 39.5 Å². The van der Waals surface area contributed by atoms with Crippen LogP contribution in [-0.2, 0) is 61.6 Å². The number of carbonyl (C=O) groups is 10. The van der Waals surface area contributed by atoms with Gasteiger partial charge in [0.25, 0.3) is 29.5 Å². The number of amides is 5. The molecule has 3 heterocycles. The number of hydrogen-bond acceptors (Lipinski definition) is 20. The number of nitrogens with two attached hydrogens (primary N) is 2. The molecular formula is C88H98ClF12N13O15S3. The summed E-state index contributed by atoms with van der Waals surface area (Å²) in [5, 5.41) is 57.4. The first kappa shape index (κ1) is 114. The lowest BCUT2D eigenvalue weighted by Gasteiger charge is -2.29. The molecule has 9 N–H and O–H groups in total. The highest BCUT2D eigenvalue weighted by molar-refractivity contribution is 7.81. The van der Waals surface area contributed by atoms with E-state index in [1.165, 1.54) is 131 Å². The van der Waals surface area contributed by atoms with Crippen molar-refractivity contribution in [3.8, 4) is 18.2 Å². The number of anilines is 6. The zero-order valence-electron chi connectivity index (χ0n) is 73.1. The third-order valence-corrected chi connectivity index (χ3v) is 20.8. The minimum absolute atomic E-state index is 0. The molecule has 44 heteroatoms. The number of carboxylic acid groups (broad SMARTS) is 3. The fourth-order valence-electron chi connectivity index (χ4n) is 13.0. The number of halogens is 13. The van der Waals surface area contributed by atoms with Crippen LogP contribution < -0.4 is 51.5 Å². The van der Waals surface area contributed by atoms with Crippen LogP contribution in [0.1, 0.15) is 223 Å². The summed E-state index contributed by atoms with van der Waals surface area (Å²) in [6.07, 6.45) is -4.54. The Bertz CT molecular complexity index is 5350. The zero-order chi connectivity index (χ0) is 99.2. The molecule has 0 aromatic heterocycles. The van der Waals surface area contributed by atoms with Crippen molar-refractivity contribution in [1.29, 1.82) is 15.8 Å². The molecule has 0 bridgehead atoms. The van der Waals surface area contributed by atoms with Gasteiger partial charge in [0, 0.05) is 55.8 Å². The molecule has 132 heavy (non-hydrogen) atoms. The first-order chi connectivity index (χ1) is 61.3. The van der Waals surface area contributed by atoms with Crippen molar-refractivity contribution in [3.63, 3.8) is 0 Å². The maximum absolute atomic E-state index is 15.0. The molecule has 714 valence electrons. The average molecular weight is 1940 g/mol. The number of unbranched alkanes of at least 4 members (excludes halogenated alkanes) is 8. The molecule has 3 fully saturated rings. The van der Waals surface area contributed by atoms with Crippen LogP contribution in [0.3, 0.4) is 0 Å². The quantitative estimate of drug-likeness (QED) is 0.00920. The van der Waals surface area contributed by atoms with Gasteiger partial charge in [-0.15, -0.1) is 12.4 Å². The molecule has 9 rings (SSSR count). The molecule has 0 spiro atoms. The van der Waals surface area contributed by atoms with Gasteiger partial charge < -0.3 is 61.6 Å². The number of aromatic carboxylic acids is 1. The predicted molar refractivity (Wildman–Crippen MR) is 479 cm³/mol. The first-order valence-corrected chi connectivity index (χ1v) is 41.6. The van der Waals surface area contributed by atoms with E-state index < -0.39 is 139 Å². The Labute approximate surface area is 775 Å². The lowest BCUT2D eigenvalue weighted by atomic mass is 10.0. The van der Waals surface area contributed by atoms with Crippen molar-refractivity contribution in [2.45, 2.75) is 193 Å². The standard InChI is InChI=1S/C27H26F4N4O4S.C26H24F4N4O4S.C20H13F4N3O3S.C7H15NO2.C6H13NO2.C2H6.ClH/c1-26(2)24(38)34(17-9-8-16(15-32)20(13-17)27(29,30)31)25(40)35(26)18-10-11-19(21(28)14-18)23(37)33-12-6-4-5-7-22(36)39-3;1-25(2)23(38)33(16-8-7-15(14-31)19(12-16)26(28,29)30)24(39)34(25)17-9-10-18(20(27)13-17)22(37)32-11-5-3-4-6-21(35)36;1-19(2)17(30)26(11-4-3-10(9-25)14(7-11)20(22,23)24)18(31)27(19)12-5-6-13(16(28)29)15(21)8-12;1-10-7(9)5-3-2-4-6-8;7-5-3-1-2-4-6(8)9;1-2;/h8-11,13-14H,4-7,12H2,1-3H3,(H,33,37);7-10,12-13H,3-6,11H2,1-2H3,(H,32,37)(H,35,36);3-8H,1-2H3,(H,28,29);2-6,8H2,1H3;1-5,7H2,(H,8,9);1-2H3;1H. The SMILES string of the molecule is CC.CC1(C)C(=O)N(c2ccc(C#N)c(C(F)(F)F)c2)C(=S)N1c1ccc(C(=O)NCCCCCC(=O)O)c(F)c1.CC1(C)C(=O)N(c2ccc(C#N)c(C(F)(F)F)c2)C(=S)N1c1ccc(C(=O)O)c(F)c1.COC(=O)CCCCCN.COC(=O)CCCCCNC(=O)c1ccc(N2C(=S)N(c3ccc(C#N)c(C(F)(F)F)c3)C(=O)C2(C)C)cc1F.Cl.NCCCCCC(=O)O. The number of esters is 2. The monoisotopic (exact) mass is 1940 g/mol. The first-order valence-electron chi connectivity index (χ1n) is 40.4. The topological polar surface area (TPSA) is 417 Å². The summed E-state index contributed by atoms with van der Waals surface area (Å²) < 4.78 is 174. The minimum Gasteiger partial charge on any atom is -0.481 e. The average Bonchev–Trinajstić information content (AvgIpc) is 1.59. The van der Waals surface area contributed by atoms with Crippen LogP contribution in [-0.4, -0.2) is 147 Å². The number of carbonyl (C=O) groups excluding carboxylic acids is 7. The van der Waals surface area contributed by atoms with Crippen LogP contribution in [0.4, 0.5) is 86.8 Å². The van der Waals surface area contributed by atoms with Crippen molar-refractivity contribution in [3.05, 3.63) is 177 Å². The zero-order valence-corrected chi connectivity index (χ0v) is 76.4. The Morgan fingerprint density at radius 3 is 0.879 bits per heavy atom. The Morgan fingerprint density at radius 2 is 0.652 bits per heavy atom. The molecule has 3 saturated heterocycles. The van der Waals surface area contributed by atoms with Crippen LogP contribution in [0.25, 0.3) is 0 Å². The third-order valence-electron chi connectivity index (χ3n) is 19.7. The van der Waals surface area contributed by atoms with Crippen LogP contribution in [0, 0.1) is 51.4 Å². The summed E-state index contributed by atoms with van der Waals surface area (Å²) in [7, 11) is 2.71. The number of hydrogen-bond donors (Lipinski definition) is 7. The van der Waals surface area contributed by atoms with Crippen LogP contribution in [0.5, 0.6) is 0 Å². The molecular weight excluding hydrogens is 1840 g/mol. The van der Waals surface area contributed by atoms with Gasteiger partial charge in [-0.2, -0.15) is 55.3 Å². The number of carboxylic acids is 3. The van der Waals surface area contributed by atoms with E-state index in [4.69, 9.17) is 79.2 Å². The van der Waals surface area contributed by atoms with E-state index in [0.717, 1.165) is 102 Å². The number of alkyl halides is 9. The highest BCUT2D eigenvalue weighted by Crippen LogP contribution is 2.45. The Hall–Kier alpha value is -12.5. The Balaban J connectivity index is 0.000000459. The molecule has 5 amide bonds. The number of ether oxygens (including phenoxy) is 2. The number of nitrogens with zero attached hydrogens (tertiary/aromatic N) is 9. The number of rotatable bonds is 31. The number of nitrogens with one attached hydrogen (secondary N) is 2. The summed E-state index contributed by atoms with van der Waals surface area (Å²) in [4.78, 5) is 124. The summed E-state index contributed by atoms with van der Waals surface area (Å²) in [6, 6.07) is 23.1. The maximum Gasteiger partial charge on any atom is 0.417 e. The normalized spacial score (nSPS) is 14.0. The highest BCUT2D eigenvalue weighted by atomic mass is 35.5. The summed E-state index contributed by atoms with van der Waals surface area (Å²) in [6.45, 7) is 14.6. The highest BCUT2D eigenvalue weighted by Gasteiger charge is 2.54. The maximum atomic E-state index is 15.0. The largest absolute Gasteiger partial charge is 0.481 e. The smallest absolute Gasteiger partial charge is 0.417 e. The van der Waals surface area contributed by atoms with E-state index in [2.05, 4.69) is 20.1 Å². The molecule has 0 radical (unpaired) electrons. The molecule has 3 aliphatic rings. The number of methoxy groups -OCH3 is 2. The summed E-state index contributed by atoms with van der Waals surface area (Å²) in [5.74, 6) is -9.77. The summed E-state index contributed by atoms with van der Waals surface area (Å²) in [5.41, 5.74) is -0.723.